The van der Waals surface area contributed by atoms with Crippen molar-refractivity contribution in [2.45, 2.75) is 31.4 Å². The number of hydrogen-bond acceptors (Lipinski definition) is 3. The van der Waals surface area contributed by atoms with Gasteiger partial charge in [0.05, 0.1) is 11.0 Å². The van der Waals surface area contributed by atoms with Crippen LogP contribution in [0.3, 0.4) is 0 Å². The molecule has 1 fully saturated rings. The van der Waals surface area contributed by atoms with Gasteiger partial charge < -0.3 is 5.32 Å². The molecule has 0 amide bonds. The second kappa shape index (κ2) is 4.23. The number of piperidine rings is 1. The minimum atomic E-state index is -2.77. The van der Waals surface area contributed by atoms with Crippen molar-refractivity contribution in [3.63, 3.8) is 0 Å². The van der Waals surface area contributed by atoms with Crippen LogP contribution in [0.1, 0.15) is 26.2 Å². The first-order chi connectivity index (χ1) is 5.67. The van der Waals surface area contributed by atoms with E-state index in [0.29, 0.717) is 5.75 Å². The molecule has 4 heteroatoms. The summed E-state index contributed by atoms with van der Waals surface area (Å²) < 4.78 is 23.1. The van der Waals surface area contributed by atoms with Crippen molar-refractivity contribution in [1.29, 1.82) is 0 Å². The van der Waals surface area contributed by atoms with Gasteiger partial charge in [0.2, 0.25) is 0 Å². The Morgan fingerprint density at radius 2 is 1.92 bits per heavy atom. The summed E-state index contributed by atoms with van der Waals surface area (Å²) in [7, 11) is -2.77. The third-order valence-corrected chi connectivity index (χ3v) is 4.75. The van der Waals surface area contributed by atoms with Crippen LogP contribution in [0.2, 0.25) is 0 Å². The summed E-state index contributed by atoms with van der Waals surface area (Å²) in [6.07, 6.45) is 2.33. The van der Waals surface area contributed by atoms with Gasteiger partial charge >= 0.3 is 0 Å². The fourth-order valence-corrected chi connectivity index (χ4v) is 3.46. The van der Waals surface area contributed by atoms with E-state index in [4.69, 9.17) is 0 Å². The molecule has 0 bridgehead atoms. The maximum absolute atomic E-state index is 11.6. The van der Waals surface area contributed by atoms with E-state index in [0.717, 1.165) is 32.4 Å². The van der Waals surface area contributed by atoms with Gasteiger partial charge in [0.15, 0.2) is 9.84 Å². The summed E-state index contributed by atoms with van der Waals surface area (Å²) in [5.74, 6) is 0.359. The van der Waals surface area contributed by atoms with Crippen molar-refractivity contribution in [2.75, 3.05) is 18.8 Å². The summed E-state index contributed by atoms with van der Waals surface area (Å²) >= 11 is 0. The minimum Gasteiger partial charge on any atom is -0.317 e. The summed E-state index contributed by atoms with van der Waals surface area (Å²) in [6, 6.07) is 0. The summed E-state index contributed by atoms with van der Waals surface area (Å²) in [5, 5.41) is 3.09. The summed E-state index contributed by atoms with van der Waals surface area (Å²) in [6.45, 7) is 3.62. The second-order valence-electron chi connectivity index (χ2n) is 3.32. The zero-order valence-corrected chi connectivity index (χ0v) is 8.36. The topological polar surface area (TPSA) is 46.2 Å². The lowest BCUT2D eigenvalue weighted by atomic mass is 10.2. The van der Waals surface area contributed by atoms with E-state index in [2.05, 4.69) is 5.32 Å². The van der Waals surface area contributed by atoms with E-state index >= 15 is 0 Å². The Kier molecular flexibility index (Phi) is 3.53. The molecular weight excluding hydrogens is 174 g/mol. The van der Waals surface area contributed by atoms with Crippen molar-refractivity contribution in [2.24, 2.45) is 0 Å². The average Bonchev–Trinajstić information content (AvgIpc) is 2.06. The molecule has 0 saturated carbocycles. The van der Waals surface area contributed by atoms with Crippen LogP contribution in [0.4, 0.5) is 0 Å². The monoisotopic (exact) mass is 191 g/mol. The smallest absolute Gasteiger partial charge is 0.153 e. The molecule has 0 radical (unpaired) electrons. The lowest BCUT2D eigenvalue weighted by Crippen LogP contribution is -2.36. The molecule has 0 aromatic carbocycles. The lowest BCUT2D eigenvalue weighted by Gasteiger charge is -2.22. The molecule has 1 aliphatic heterocycles. The minimum absolute atomic E-state index is 0.0706. The molecule has 72 valence electrons. The highest BCUT2D eigenvalue weighted by Gasteiger charge is 2.25. The highest BCUT2D eigenvalue weighted by atomic mass is 32.2. The van der Waals surface area contributed by atoms with E-state index in [9.17, 15) is 8.42 Å². The number of nitrogens with one attached hydrogen (secondary N) is 1. The van der Waals surface area contributed by atoms with E-state index in [1.54, 1.807) is 0 Å². The standard InChI is InChI=1S/C8H17NO2S/c1-2-7-12(10,11)8-3-5-9-6-4-8/h8-9H,2-7H2,1H3. The molecule has 3 nitrogen and oxygen atoms in total. The molecule has 1 heterocycles. The molecule has 1 aliphatic rings. The van der Waals surface area contributed by atoms with Crippen LogP contribution in [0.15, 0.2) is 0 Å². The van der Waals surface area contributed by atoms with Gasteiger partial charge in [-0.2, -0.15) is 0 Å². The van der Waals surface area contributed by atoms with Gasteiger partial charge in [-0.15, -0.1) is 0 Å². The molecule has 0 spiro atoms. The van der Waals surface area contributed by atoms with Gasteiger partial charge in [-0.1, -0.05) is 6.92 Å². The first kappa shape index (κ1) is 9.99. The molecule has 0 aliphatic carbocycles. The Bertz CT molecular complexity index is 217. The van der Waals surface area contributed by atoms with Crippen molar-refractivity contribution in [3.05, 3.63) is 0 Å². The number of rotatable bonds is 3. The van der Waals surface area contributed by atoms with Crippen LogP contribution in [0, 0.1) is 0 Å². The van der Waals surface area contributed by atoms with Gasteiger partial charge in [0.25, 0.3) is 0 Å². The van der Waals surface area contributed by atoms with Gasteiger partial charge in [-0.25, -0.2) is 8.42 Å². The SMILES string of the molecule is CCCS(=O)(=O)C1CCNCC1. The average molecular weight is 191 g/mol. The Balaban J connectivity index is 2.54. The Hall–Kier alpha value is -0.0900. The lowest BCUT2D eigenvalue weighted by molar-refractivity contribution is 0.496. The molecule has 0 aromatic rings. The van der Waals surface area contributed by atoms with Crippen molar-refractivity contribution in [3.8, 4) is 0 Å². The highest BCUT2D eigenvalue weighted by Crippen LogP contribution is 2.14. The van der Waals surface area contributed by atoms with Crippen molar-refractivity contribution in [1.82, 2.24) is 5.32 Å². The van der Waals surface area contributed by atoms with E-state index < -0.39 is 9.84 Å². The van der Waals surface area contributed by atoms with E-state index in [1.807, 2.05) is 6.92 Å². The number of hydrogen-bond donors (Lipinski definition) is 1. The van der Waals surface area contributed by atoms with Gasteiger partial charge in [0.1, 0.15) is 0 Å². The fraction of sp³-hybridized carbons (Fsp3) is 1.00. The molecule has 0 aromatic heterocycles. The van der Waals surface area contributed by atoms with Crippen LogP contribution >= 0.6 is 0 Å². The number of sulfone groups is 1. The third kappa shape index (κ3) is 2.45. The van der Waals surface area contributed by atoms with Gasteiger partial charge in [-0.05, 0) is 32.4 Å². The van der Waals surface area contributed by atoms with E-state index in [1.165, 1.54) is 0 Å². The van der Waals surface area contributed by atoms with Gasteiger partial charge in [-0.3, -0.25) is 0 Å². The maximum atomic E-state index is 11.6. The van der Waals surface area contributed by atoms with Crippen LogP contribution in [-0.4, -0.2) is 32.5 Å². The van der Waals surface area contributed by atoms with Crippen LogP contribution in [-0.2, 0) is 9.84 Å². The van der Waals surface area contributed by atoms with Gasteiger partial charge in [0, 0.05) is 0 Å². The molecule has 12 heavy (non-hydrogen) atoms. The van der Waals surface area contributed by atoms with Crippen molar-refractivity contribution < 1.29 is 8.42 Å². The zero-order chi connectivity index (χ0) is 9.03. The first-order valence-electron chi connectivity index (χ1n) is 4.59. The van der Waals surface area contributed by atoms with Crippen molar-refractivity contribution >= 4 is 9.84 Å². The Labute approximate surface area is 74.5 Å². The van der Waals surface area contributed by atoms with Crippen LogP contribution in [0.25, 0.3) is 0 Å². The predicted octanol–water partition coefficient (Wildman–Crippen LogP) is 0.563. The molecule has 1 N–H and O–H groups in total. The molecular formula is C8H17NO2S. The molecule has 0 unspecified atom stereocenters. The quantitative estimate of drug-likeness (QED) is 0.709. The summed E-state index contributed by atoms with van der Waals surface area (Å²) in [4.78, 5) is 0. The summed E-state index contributed by atoms with van der Waals surface area (Å²) in [5.41, 5.74) is 0. The van der Waals surface area contributed by atoms with Crippen LogP contribution in [0.5, 0.6) is 0 Å². The largest absolute Gasteiger partial charge is 0.317 e. The fourth-order valence-electron chi connectivity index (χ4n) is 1.61. The van der Waals surface area contributed by atoms with Crippen LogP contribution < -0.4 is 5.32 Å². The van der Waals surface area contributed by atoms with E-state index in [-0.39, 0.29) is 5.25 Å². The molecule has 0 atom stereocenters. The normalized spacial score (nSPS) is 21.1. The highest BCUT2D eigenvalue weighted by molar-refractivity contribution is 7.92. The molecule has 1 rings (SSSR count). The Morgan fingerprint density at radius 1 is 1.33 bits per heavy atom. The zero-order valence-electron chi connectivity index (χ0n) is 7.54. The predicted molar refractivity (Wildman–Crippen MR) is 50.0 cm³/mol. The second-order valence-corrected chi connectivity index (χ2v) is 5.72. The first-order valence-corrected chi connectivity index (χ1v) is 6.30. The third-order valence-electron chi connectivity index (χ3n) is 2.28. The maximum Gasteiger partial charge on any atom is 0.153 e. The molecule has 1 saturated heterocycles. The Morgan fingerprint density at radius 3 is 2.42 bits per heavy atom.